The van der Waals surface area contributed by atoms with Crippen LogP contribution in [0.15, 0.2) is 48.5 Å². The van der Waals surface area contributed by atoms with E-state index < -0.39 is 0 Å². The Bertz CT molecular complexity index is 803. The first-order valence-electron chi connectivity index (χ1n) is 9.52. The van der Waals surface area contributed by atoms with Crippen LogP contribution in [0.4, 0.5) is 5.69 Å². The van der Waals surface area contributed by atoms with Crippen molar-refractivity contribution in [1.29, 1.82) is 0 Å². The highest BCUT2D eigenvalue weighted by Crippen LogP contribution is 2.34. The van der Waals surface area contributed by atoms with Gasteiger partial charge in [-0.05, 0) is 35.4 Å². The van der Waals surface area contributed by atoms with E-state index in [0.717, 1.165) is 31.7 Å². The zero-order valence-corrected chi connectivity index (χ0v) is 16.7. The molecule has 2 aliphatic heterocycles. The molecule has 0 bridgehead atoms. The number of rotatable bonds is 5. The minimum Gasteiger partial charge on any atom is -0.378 e. The average Bonchev–Trinajstić information content (AvgIpc) is 2.99. The van der Waals surface area contributed by atoms with Gasteiger partial charge in [0.2, 0.25) is 5.91 Å². The van der Waals surface area contributed by atoms with Gasteiger partial charge in [0.25, 0.3) is 0 Å². The second-order valence-corrected chi connectivity index (χ2v) is 8.36. The van der Waals surface area contributed by atoms with Gasteiger partial charge in [0.1, 0.15) is 0 Å². The van der Waals surface area contributed by atoms with Gasteiger partial charge in [0, 0.05) is 62.9 Å². The predicted octanol–water partition coefficient (Wildman–Crippen LogP) is 3.29. The maximum Gasteiger partial charge on any atom is 0.227 e. The van der Waals surface area contributed by atoms with Gasteiger partial charge in [-0.15, -0.1) is 0 Å². The molecule has 2 atom stereocenters. The SMILES string of the molecule is CN(C)c1ccc(CN2CC3CN(C(=O)Cc4ccc(Cl)cc4)CC32)cc1. The van der Waals surface area contributed by atoms with Crippen molar-refractivity contribution in [2.45, 2.75) is 19.0 Å². The topological polar surface area (TPSA) is 26.8 Å². The summed E-state index contributed by atoms with van der Waals surface area (Å²) in [6.45, 7) is 3.80. The molecular formula is C22H26ClN3O. The Balaban J connectivity index is 1.31. The van der Waals surface area contributed by atoms with E-state index in [1.165, 1.54) is 11.3 Å². The lowest BCUT2D eigenvalue weighted by molar-refractivity contribution is -0.129. The normalized spacial score (nSPS) is 21.7. The lowest BCUT2D eigenvalue weighted by atomic mass is 9.91. The summed E-state index contributed by atoms with van der Waals surface area (Å²) in [7, 11) is 4.12. The van der Waals surface area contributed by atoms with Crippen molar-refractivity contribution in [2.75, 3.05) is 38.6 Å². The molecule has 4 rings (SSSR count). The zero-order chi connectivity index (χ0) is 19.0. The van der Waals surface area contributed by atoms with Crippen LogP contribution < -0.4 is 4.90 Å². The fourth-order valence-corrected chi connectivity index (χ4v) is 4.28. The van der Waals surface area contributed by atoms with E-state index in [4.69, 9.17) is 11.6 Å². The molecule has 2 aromatic rings. The zero-order valence-electron chi connectivity index (χ0n) is 15.9. The minimum absolute atomic E-state index is 0.224. The first-order chi connectivity index (χ1) is 13.0. The van der Waals surface area contributed by atoms with Crippen LogP contribution in [0.1, 0.15) is 11.1 Å². The number of nitrogens with zero attached hydrogens (tertiary/aromatic N) is 3. The lowest BCUT2D eigenvalue weighted by Crippen LogP contribution is -2.54. The molecule has 2 fully saturated rings. The molecule has 5 heteroatoms. The Hall–Kier alpha value is -2.04. The van der Waals surface area contributed by atoms with Crippen molar-refractivity contribution >= 4 is 23.2 Å². The summed E-state index contributed by atoms with van der Waals surface area (Å²) < 4.78 is 0. The molecular weight excluding hydrogens is 358 g/mol. The van der Waals surface area contributed by atoms with E-state index >= 15 is 0 Å². The summed E-state index contributed by atoms with van der Waals surface area (Å²) in [5.41, 5.74) is 3.59. The largest absolute Gasteiger partial charge is 0.378 e. The van der Waals surface area contributed by atoms with E-state index in [1.807, 2.05) is 29.2 Å². The summed E-state index contributed by atoms with van der Waals surface area (Å²) in [6.07, 6.45) is 0.461. The second-order valence-electron chi connectivity index (χ2n) is 7.92. The monoisotopic (exact) mass is 383 g/mol. The molecule has 2 heterocycles. The van der Waals surface area contributed by atoms with Crippen molar-refractivity contribution in [3.05, 3.63) is 64.7 Å². The molecule has 4 nitrogen and oxygen atoms in total. The fourth-order valence-electron chi connectivity index (χ4n) is 4.15. The molecule has 2 saturated heterocycles. The number of carbonyl (C=O) groups excluding carboxylic acids is 1. The number of amides is 1. The average molecular weight is 384 g/mol. The summed E-state index contributed by atoms with van der Waals surface area (Å²) in [5.74, 6) is 0.849. The summed E-state index contributed by atoms with van der Waals surface area (Å²) in [6, 6.07) is 16.8. The minimum atomic E-state index is 0.224. The Morgan fingerprint density at radius 3 is 2.33 bits per heavy atom. The van der Waals surface area contributed by atoms with Gasteiger partial charge >= 0.3 is 0 Å². The molecule has 0 aromatic heterocycles. The molecule has 27 heavy (non-hydrogen) atoms. The van der Waals surface area contributed by atoms with Crippen LogP contribution in [0.5, 0.6) is 0 Å². The summed E-state index contributed by atoms with van der Waals surface area (Å²) in [4.78, 5) is 19.3. The van der Waals surface area contributed by atoms with Crippen molar-refractivity contribution in [2.24, 2.45) is 5.92 Å². The number of halogens is 1. The van der Waals surface area contributed by atoms with Crippen molar-refractivity contribution in [3.63, 3.8) is 0 Å². The number of carbonyl (C=O) groups is 1. The molecule has 1 amide bonds. The number of hydrogen-bond donors (Lipinski definition) is 0. The maximum atomic E-state index is 12.7. The Kier molecular flexibility index (Phi) is 5.11. The molecule has 2 unspecified atom stereocenters. The van der Waals surface area contributed by atoms with E-state index in [2.05, 4.69) is 48.2 Å². The van der Waals surface area contributed by atoms with E-state index in [9.17, 15) is 4.79 Å². The molecule has 0 aliphatic carbocycles. The molecule has 0 saturated carbocycles. The first kappa shape index (κ1) is 18.3. The van der Waals surface area contributed by atoms with Gasteiger partial charge in [-0.2, -0.15) is 0 Å². The predicted molar refractivity (Wildman–Crippen MR) is 110 cm³/mol. The van der Waals surface area contributed by atoms with E-state index in [0.29, 0.717) is 23.4 Å². The molecule has 2 aliphatic rings. The van der Waals surface area contributed by atoms with E-state index in [-0.39, 0.29) is 5.91 Å². The van der Waals surface area contributed by atoms with Gasteiger partial charge in [-0.3, -0.25) is 9.69 Å². The van der Waals surface area contributed by atoms with Crippen LogP contribution >= 0.6 is 11.6 Å². The van der Waals surface area contributed by atoms with Crippen LogP contribution in [0, 0.1) is 5.92 Å². The number of likely N-dealkylation sites (tertiary alicyclic amines) is 2. The Labute approximate surface area is 166 Å². The van der Waals surface area contributed by atoms with Crippen molar-refractivity contribution < 1.29 is 4.79 Å². The highest BCUT2D eigenvalue weighted by Gasteiger charge is 2.46. The van der Waals surface area contributed by atoms with Crippen LogP contribution in [0.3, 0.4) is 0 Å². The van der Waals surface area contributed by atoms with Crippen molar-refractivity contribution in [3.8, 4) is 0 Å². The van der Waals surface area contributed by atoms with Gasteiger partial charge in [0.15, 0.2) is 0 Å². The third kappa shape index (κ3) is 3.97. The number of benzene rings is 2. The number of anilines is 1. The molecule has 0 spiro atoms. The van der Waals surface area contributed by atoms with Gasteiger partial charge in [-0.1, -0.05) is 35.9 Å². The number of hydrogen-bond acceptors (Lipinski definition) is 3. The van der Waals surface area contributed by atoms with Crippen molar-refractivity contribution in [1.82, 2.24) is 9.80 Å². The van der Waals surface area contributed by atoms with Crippen LogP contribution in [-0.2, 0) is 17.8 Å². The van der Waals surface area contributed by atoms with Gasteiger partial charge in [0.05, 0.1) is 6.42 Å². The second kappa shape index (κ2) is 7.53. The smallest absolute Gasteiger partial charge is 0.227 e. The van der Waals surface area contributed by atoms with Gasteiger partial charge in [-0.25, -0.2) is 0 Å². The molecule has 2 aromatic carbocycles. The third-order valence-electron chi connectivity index (χ3n) is 5.80. The molecule has 0 radical (unpaired) electrons. The first-order valence-corrected chi connectivity index (χ1v) is 9.90. The Morgan fingerprint density at radius 1 is 1.00 bits per heavy atom. The standard InChI is InChI=1S/C22H26ClN3O/c1-24(2)20-9-5-17(6-10-20)12-25-13-18-14-26(15-21(18)25)22(27)11-16-3-7-19(23)8-4-16/h3-10,18,21H,11-15H2,1-2H3. The third-order valence-corrected chi connectivity index (χ3v) is 6.06. The van der Waals surface area contributed by atoms with Crippen LogP contribution in [-0.4, -0.2) is 55.5 Å². The maximum absolute atomic E-state index is 12.7. The van der Waals surface area contributed by atoms with Gasteiger partial charge < -0.3 is 9.80 Å². The van der Waals surface area contributed by atoms with Crippen LogP contribution in [0.2, 0.25) is 5.02 Å². The highest BCUT2D eigenvalue weighted by atomic mass is 35.5. The Morgan fingerprint density at radius 2 is 1.67 bits per heavy atom. The number of fused-ring (bicyclic) bond motifs is 1. The summed E-state index contributed by atoms with van der Waals surface area (Å²) in [5, 5.41) is 0.708. The van der Waals surface area contributed by atoms with E-state index in [1.54, 1.807) is 0 Å². The highest BCUT2D eigenvalue weighted by molar-refractivity contribution is 6.30. The summed E-state index contributed by atoms with van der Waals surface area (Å²) >= 11 is 5.93. The molecule has 0 N–H and O–H groups in total. The molecule has 142 valence electrons. The van der Waals surface area contributed by atoms with Crippen LogP contribution in [0.25, 0.3) is 0 Å². The lowest BCUT2D eigenvalue weighted by Gasteiger charge is -2.43. The fraction of sp³-hybridized carbons (Fsp3) is 0.409. The quantitative estimate of drug-likeness (QED) is 0.792.